The maximum atomic E-state index is 6.05. The Kier molecular flexibility index (Phi) is 3.01. The van der Waals surface area contributed by atoms with Crippen LogP contribution in [0.3, 0.4) is 0 Å². The number of oxazole rings is 1. The minimum Gasteiger partial charge on any atom is -0.488 e. The van der Waals surface area contributed by atoms with Crippen LogP contribution in [0.4, 0.5) is 0 Å². The van der Waals surface area contributed by atoms with E-state index >= 15 is 0 Å². The molecule has 0 saturated heterocycles. The molecule has 0 spiro atoms. The summed E-state index contributed by atoms with van der Waals surface area (Å²) in [5.74, 6) is 2.57. The van der Waals surface area contributed by atoms with Crippen molar-refractivity contribution in [3.05, 3.63) is 47.9 Å². The molecule has 0 amide bonds. The van der Waals surface area contributed by atoms with Crippen molar-refractivity contribution < 1.29 is 13.7 Å². The van der Waals surface area contributed by atoms with Crippen molar-refractivity contribution in [2.24, 2.45) is 0 Å². The molecule has 1 unspecified atom stereocenters. The topological polar surface area (TPSA) is 74.2 Å². The van der Waals surface area contributed by atoms with Gasteiger partial charge in [-0.1, -0.05) is 23.4 Å². The molecule has 0 N–H and O–H groups in total. The van der Waals surface area contributed by atoms with Crippen LogP contribution >= 0.6 is 0 Å². The summed E-state index contributed by atoms with van der Waals surface area (Å²) in [6.45, 7) is 5.95. The van der Waals surface area contributed by atoms with Crippen molar-refractivity contribution in [2.75, 3.05) is 0 Å². The van der Waals surface area contributed by atoms with Crippen LogP contribution in [0.15, 0.2) is 39.6 Å². The third-order valence-corrected chi connectivity index (χ3v) is 4.07. The lowest BCUT2D eigenvalue weighted by Gasteiger charge is -2.36. The van der Waals surface area contributed by atoms with Gasteiger partial charge in [-0.15, -0.1) is 0 Å². The Labute approximate surface area is 133 Å². The number of nitrogens with zero attached hydrogens (tertiary/aromatic N) is 3. The summed E-state index contributed by atoms with van der Waals surface area (Å²) < 4.78 is 16.8. The Morgan fingerprint density at radius 1 is 1.22 bits per heavy atom. The van der Waals surface area contributed by atoms with Crippen LogP contribution in [0, 0.1) is 6.92 Å². The molecule has 1 aliphatic heterocycles. The molecule has 118 valence electrons. The van der Waals surface area contributed by atoms with E-state index in [1.807, 2.05) is 31.2 Å². The second-order valence-corrected chi connectivity index (χ2v) is 6.37. The van der Waals surface area contributed by atoms with Gasteiger partial charge in [-0.25, -0.2) is 4.98 Å². The number of hydrogen-bond donors (Lipinski definition) is 0. The average molecular weight is 311 g/mol. The van der Waals surface area contributed by atoms with Crippen LogP contribution in [-0.2, 0) is 0 Å². The number of ether oxygens (including phenoxy) is 1. The number of fused-ring (bicyclic) bond motifs is 1. The summed E-state index contributed by atoms with van der Waals surface area (Å²) in [5.41, 5.74) is 1.38. The molecule has 6 nitrogen and oxygen atoms in total. The average Bonchev–Trinajstić information content (AvgIpc) is 3.14. The SMILES string of the molecule is Cc1ocnc1-c1noc(C2CC(C)(C)Oc3ccccc32)n1. The number of rotatable bonds is 2. The highest BCUT2D eigenvalue weighted by molar-refractivity contribution is 5.50. The molecule has 1 aromatic carbocycles. The van der Waals surface area contributed by atoms with Gasteiger partial charge < -0.3 is 13.7 Å². The smallest absolute Gasteiger partial charge is 0.234 e. The minimum atomic E-state index is -0.294. The van der Waals surface area contributed by atoms with E-state index in [0.29, 0.717) is 23.2 Å². The minimum absolute atomic E-state index is 0.00315. The molecule has 0 bridgehead atoms. The van der Waals surface area contributed by atoms with E-state index in [1.165, 1.54) is 6.39 Å². The predicted octanol–water partition coefficient (Wildman–Crippen LogP) is 3.73. The number of aryl methyl sites for hydroxylation is 1. The van der Waals surface area contributed by atoms with Crippen LogP contribution in [0.25, 0.3) is 11.5 Å². The molecule has 6 heteroatoms. The summed E-state index contributed by atoms with van der Waals surface area (Å²) in [4.78, 5) is 8.69. The summed E-state index contributed by atoms with van der Waals surface area (Å²) in [6, 6.07) is 7.98. The van der Waals surface area contributed by atoms with E-state index < -0.39 is 0 Å². The fourth-order valence-electron chi connectivity index (χ4n) is 3.02. The first-order valence-corrected chi connectivity index (χ1v) is 7.55. The monoisotopic (exact) mass is 311 g/mol. The van der Waals surface area contributed by atoms with Gasteiger partial charge in [-0.2, -0.15) is 4.98 Å². The molecule has 0 radical (unpaired) electrons. The van der Waals surface area contributed by atoms with Crippen LogP contribution in [0.1, 0.15) is 43.4 Å². The van der Waals surface area contributed by atoms with Crippen LogP contribution in [-0.4, -0.2) is 20.7 Å². The van der Waals surface area contributed by atoms with E-state index in [0.717, 1.165) is 17.7 Å². The second-order valence-electron chi connectivity index (χ2n) is 6.37. The summed E-state index contributed by atoms with van der Waals surface area (Å²) in [7, 11) is 0. The van der Waals surface area contributed by atoms with E-state index in [4.69, 9.17) is 13.7 Å². The maximum absolute atomic E-state index is 6.05. The zero-order chi connectivity index (χ0) is 16.0. The largest absolute Gasteiger partial charge is 0.488 e. The molecular weight excluding hydrogens is 294 g/mol. The Balaban J connectivity index is 1.76. The molecule has 3 aromatic rings. The van der Waals surface area contributed by atoms with Crippen molar-refractivity contribution in [3.63, 3.8) is 0 Å². The maximum Gasteiger partial charge on any atom is 0.234 e. The van der Waals surface area contributed by atoms with Gasteiger partial charge in [0.05, 0.1) is 5.92 Å². The molecule has 0 saturated carbocycles. The molecule has 3 heterocycles. The summed E-state index contributed by atoms with van der Waals surface area (Å²) >= 11 is 0. The molecule has 1 atom stereocenters. The standard InChI is InChI=1S/C17H17N3O3/c1-10-14(18-9-21-10)15-19-16(23-20-15)12-8-17(2,3)22-13-7-5-4-6-11(12)13/h4-7,9,12H,8H2,1-3H3. The number of aromatic nitrogens is 3. The van der Waals surface area contributed by atoms with Crippen molar-refractivity contribution in [3.8, 4) is 17.3 Å². The van der Waals surface area contributed by atoms with Crippen LogP contribution < -0.4 is 4.74 Å². The van der Waals surface area contributed by atoms with Gasteiger partial charge in [-0.05, 0) is 26.8 Å². The van der Waals surface area contributed by atoms with Crippen molar-refractivity contribution in [1.82, 2.24) is 15.1 Å². The molecule has 1 aliphatic rings. The normalized spacial score (nSPS) is 19.2. The van der Waals surface area contributed by atoms with Crippen molar-refractivity contribution in [2.45, 2.75) is 38.7 Å². The molecule has 23 heavy (non-hydrogen) atoms. The number of hydrogen-bond acceptors (Lipinski definition) is 6. The Morgan fingerprint density at radius 2 is 2.04 bits per heavy atom. The van der Waals surface area contributed by atoms with Gasteiger partial charge in [0.2, 0.25) is 11.7 Å². The number of benzene rings is 1. The van der Waals surface area contributed by atoms with Crippen LogP contribution in [0.5, 0.6) is 5.75 Å². The highest BCUT2D eigenvalue weighted by atomic mass is 16.5. The van der Waals surface area contributed by atoms with Gasteiger partial charge in [-0.3, -0.25) is 0 Å². The first-order valence-electron chi connectivity index (χ1n) is 7.55. The zero-order valence-corrected chi connectivity index (χ0v) is 13.2. The van der Waals surface area contributed by atoms with Gasteiger partial charge in [0.15, 0.2) is 12.1 Å². The summed E-state index contributed by atoms with van der Waals surface area (Å²) in [5, 5.41) is 4.07. The Bertz CT molecular complexity index is 850. The van der Waals surface area contributed by atoms with E-state index in [1.54, 1.807) is 0 Å². The molecular formula is C17H17N3O3. The Morgan fingerprint density at radius 3 is 2.83 bits per heavy atom. The first kappa shape index (κ1) is 14.0. The van der Waals surface area contributed by atoms with Crippen molar-refractivity contribution in [1.29, 1.82) is 0 Å². The lowest BCUT2D eigenvalue weighted by molar-refractivity contribution is 0.0725. The quantitative estimate of drug-likeness (QED) is 0.718. The molecule has 2 aromatic heterocycles. The molecule has 0 aliphatic carbocycles. The van der Waals surface area contributed by atoms with E-state index in [2.05, 4.69) is 29.0 Å². The van der Waals surface area contributed by atoms with Gasteiger partial charge in [0.1, 0.15) is 17.1 Å². The fourth-order valence-corrected chi connectivity index (χ4v) is 3.02. The van der Waals surface area contributed by atoms with E-state index in [9.17, 15) is 0 Å². The highest BCUT2D eigenvalue weighted by Gasteiger charge is 2.37. The fraction of sp³-hybridized carbons (Fsp3) is 0.353. The Hall–Kier alpha value is -2.63. The van der Waals surface area contributed by atoms with E-state index in [-0.39, 0.29) is 11.5 Å². The lowest BCUT2D eigenvalue weighted by Crippen LogP contribution is -2.35. The van der Waals surface area contributed by atoms with Gasteiger partial charge in [0, 0.05) is 12.0 Å². The first-order chi connectivity index (χ1) is 11.0. The van der Waals surface area contributed by atoms with Gasteiger partial charge >= 0.3 is 0 Å². The predicted molar refractivity (Wildman–Crippen MR) is 82.1 cm³/mol. The molecule has 0 fully saturated rings. The third kappa shape index (κ3) is 2.40. The molecule has 4 rings (SSSR count). The highest BCUT2D eigenvalue weighted by Crippen LogP contribution is 2.43. The second kappa shape index (κ2) is 4.94. The van der Waals surface area contributed by atoms with Gasteiger partial charge in [0.25, 0.3) is 0 Å². The van der Waals surface area contributed by atoms with Crippen LogP contribution in [0.2, 0.25) is 0 Å². The lowest BCUT2D eigenvalue weighted by atomic mass is 9.84. The number of para-hydroxylation sites is 1. The van der Waals surface area contributed by atoms with Crippen molar-refractivity contribution >= 4 is 0 Å². The zero-order valence-electron chi connectivity index (χ0n) is 13.2. The third-order valence-electron chi connectivity index (χ3n) is 4.07. The summed E-state index contributed by atoms with van der Waals surface area (Å²) in [6.07, 6.45) is 2.15.